The molecule has 9 nitrogen and oxygen atoms in total. The molecule has 2 aromatic carbocycles. The molecule has 2 unspecified atom stereocenters. The molecule has 0 saturated carbocycles. The highest BCUT2D eigenvalue weighted by atomic mass is 32.2. The first-order valence-electron chi connectivity index (χ1n) is 12.7. The molecule has 3 amide bonds. The molecule has 2 aliphatic heterocycles. The molecule has 5 rings (SSSR count). The van der Waals surface area contributed by atoms with E-state index in [1.807, 2.05) is 78.2 Å². The van der Waals surface area contributed by atoms with E-state index in [-0.39, 0.29) is 24.6 Å². The van der Waals surface area contributed by atoms with E-state index in [2.05, 4.69) is 10.6 Å². The van der Waals surface area contributed by atoms with E-state index in [0.29, 0.717) is 0 Å². The third kappa shape index (κ3) is 5.90. The van der Waals surface area contributed by atoms with E-state index in [9.17, 15) is 19.2 Å². The van der Waals surface area contributed by atoms with Gasteiger partial charge in [0, 0.05) is 4.88 Å². The molecule has 40 heavy (non-hydrogen) atoms. The molecule has 0 spiro atoms. The second kappa shape index (κ2) is 12.4. The lowest BCUT2D eigenvalue weighted by molar-refractivity contribution is -0.165. The molecular weight excluding hydrogens is 550 g/mol. The third-order valence-electron chi connectivity index (χ3n) is 6.40. The Hall–Kier alpha value is -4.09. The monoisotopic (exact) mass is 577 g/mol. The van der Waals surface area contributed by atoms with Crippen LogP contribution in [0.25, 0.3) is 0 Å². The lowest BCUT2D eigenvalue weighted by atomic mass is 9.99. The largest absolute Gasteiger partial charge is 0.451 e. The number of hydrogen-bond donors (Lipinski definition) is 2. The van der Waals surface area contributed by atoms with Crippen molar-refractivity contribution in [1.82, 2.24) is 15.5 Å². The highest BCUT2D eigenvalue weighted by Gasteiger charge is 2.56. The quantitative estimate of drug-likeness (QED) is 0.292. The van der Waals surface area contributed by atoms with Crippen LogP contribution < -0.4 is 10.6 Å². The molecule has 3 atom stereocenters. The lowest BCUT2D eigenvalue weighted by Crippen LogP contribution is -2.74. The van der Waals surface area contributed by atoms with Crippen molar-refractivity contribution >= 4 is 47.0 Å². The van der Waals surface area contributed by atoms with Gasteiger partial charge in [-0.25, -0.2) is 9.59 Å². The fourth-order valence-corrected chi connectivity index (χ4v) is 6.45. The van der Waals surface area contributed by atoms with Crippen LogP contribution in [0.1, 0.15) is 29.0 Å². The molecule has 3 aromatic rings. The highest BCUT2D eigenvalue weighted by Crippen LogP contribution is 2.40. The van der Waals surface area contributed by atoms with Gasteiger partial charge in [-0.2, -0.15) is 0 Å². The molecule has 1 saturated heterocycles. The van der Waals surface area contributed by atoms with Crippen LogP contribution in [0.4, 0.5) is 4.79 Å². The summed E-state index contributed by atoms with van der Waals surface area (Å²) in [7, 11) is 0. The van der Waals surface area contributed by atoms with Crippen LogP contribution in [-0.4, -0.2) is 52.8 Å². The summed E-state index contributed by atoms with van der Waals surface area (Å²) >= 11 is 2.69. The summed E-state index contributed by atoms with van der Waals surface area (Å²) in [6.07, 6.45) is -1.34. The zero-order valence-electron chi connectivity index (χ0n) is 21.5. The number of nitrogens with one attached hydrogen (secondary N) is 2. The topological polar surface area (TPSA) is 114 Å². The zero-order valence-corrected chi connectivity index (χ0v) is 23.2. The van der Waals surface area contributed by atoms with E-state index in [1.54, 1.807) is 12.3 Å². The van der Waals surface area contributed by atoms with Gasteiger partial charge in [0.25, 0.3) is 0 Å². The predicted molar refractivity (Wildman–Crippen MR) is 151 cm³/mol. The zero-order chi connectivity index (χ0) is 28.1. The number of thiophene rings is 1. The van der Waals surface area contributed by atoms with Gasteiger partial charge < -0.3 is 19.7 Å². The second-order valence-electron chi connectivity index (χ2n) is 9.03. The van der Waals surface area contributed by atoms with Crippen molar-refractivity contribution in [3.8, 4) is 0 Å². The van der Waals surface area contributed by atoms with Gasteiger partial charge in [-0.1, -0.05) is 66.7 Å². The number of hydrogen-bond acceptors (Lipinski definition) is 8. The number of thioether (sulfide) groups is 1. The normalized spacial score (nSPS) is 19.6. The second-order valence-corrected chi connectivity index (χ2v) is 11.1. The van der Waals surface area contributed by atoms with E-state index in [0.717, 1.165) is 16.0 Å². The minimum Gasteiger partial charge on any atom is -0.451 e. The Kier molecular flexibility index (Phi) is 8.51. The summed E-state index contributed by atoms with van der Waals surface area (Å²) in [6, 6.07) is 20.2. The molecule has 2 N–H and O–H groups in total. The van der Waals surface area contributed by atoms with E-state index >= 15 is 0 Å². The number of carbonyl (C=O) groups is 4. The van der Waals surface area contributed by atoms with Crippen LogP contribution >= 0.6 is 23.1 Å². The predicted octanol–water partition coefficient (Wildman–Crippen LogP) is 3.98. The van der Waals surface area contributed by atoms with Gasteiger partial charge >= 0.3 is 12.1 Å². The maximum Gasteiger partial charge on any atom is 0.411 e. The number of carbonyl (C=O) groups excluding carboxylic acids is 4. The van der Waals surface area contributed by atoms with Gasteiger partial charge in [-0.05, 0) is 34.9 Å². The fraction of sp³-hybridized carbons (Fsp3) is 0.241. The Labute approximate surface area is 239 Å². The number of alkyl carbamates (subject to hydrolysis) is 1. The summed E-state index contributed by atoms with van der Waals surface area (Å²) < 4.78 is 11.1. The smallest absolute Gasteiger partial charge is 0.411 e. The number of β-lactam (4-membered cyclic amide) rings is 1. The fourth-order valence-electron chi connectivity index (χ4n) is 4.58. The molecule has 206 valence electrons. The van der Waals surface area contributed by atoms with E-state index in [4.69, 9.17) is 9.47 Å². The van der Waals surface area contributed by atoms with Crippen LogP contribution in [-0.2, 0) is 30.3 Å². The molecule has 1 aromatic heterocycles. The molecule has 0 radical (unpaired) electrons. The lowest BCUT2D eigenvalue weighted by Gasteiger charge is -2.51. The first-order valence-corrected chi connectivity index (χ1v) is 14.5. The van der Waals surface area contributed by atoms with E-state index in [1.165, 1.54) is 28.0 Å². The Morgan fingerprint density at radius 3 is 2.25 bits per heavy atom. The maximum absolute atomic E-state index is 13.8. The summed E-state index contributed by atoms with van der Waals surface area (Å²) in [4.78, 5) is 54.3. The Morgan fingerprint density at radius 1 is 0.975 bits per heavy atom. The Morgan fingerprint density at radius 2 is 1.65 bits per heavy atom. The first kappa shape index (κ1) is 27.5. The summed E-state index contributed by atoms with van der Waals surface area (Å²) in [5.74, 6) is -1.44. The minimum absolute atomic E-state index is 0.134. The average molecular weight is 578 g/mol. The van der Waals surface area contributed by atoms with Crippen LogP contribution in [0.15, 0.2) is 89.3 Å². The van der Waals surface area contributed by atoms with Crippen molar-refractivity contribution < 1.29 is 28.7 Å². The standard InChI is InChI=1S/C29H27N3O6S2/c1-2-37-29(36)30-21-17-40-27-23(31-22(33)16-20-14-9-15-39-20)26(34)32(27)24(21)28(35)38-25(18-10-5-3-6-11-18)19-12-7-4-8-13-19/h3-15,17,23-25,27H,2,16H2,1H3,(H,30,36)(H,31,33)/t23?,24?,27-/m0/s1. The van der Waals surface area contributed by atoms with Gasteiger partial charge in [0.15, 0.2) is 12.1 Å². The van der Waals surface area contributed by atoms with Crippen LogP contribution in [0.3, 0.4) is 0 Å². The van der Waals surface area contributed by atoms with Crippen molar-refractivity contribution in [2.24, 2.45) is 0 Å². The number of amides is 3. The summed E-state index contributed by atoms with van der Waals surface area (Å²) in [6.45, 7) is 1.80. The van der Waals surface area contributed by atoms with Crippen molar-refractivity contribution in [3.05, 3.63) is 105 Å². The van der Waals surface area contributed by atoms with Gasteiger partial charge in [0.05, 0.1) is 18.7 Å². The van der Waals surface area contributed by atoms with E-state index < -0.39 is 41.5 Å². The molecule has 0 bridgehead atoms. The molecule has 3 heterocycles. The molecular formula is C29H27N3O6S2. The van der Waals surface area contributed by atoms with Gasteiger partial charge in [-0.15, -0.1) is 23.1 Å². The highest BCUT2D eigenvalue weighted by molar-refractivity contribution is 8.02. The summed E-state index contributed by atoms with van der Waals surface area (Å²) in [5, 5.41) is 8.33. The van der Waals surface area contributed by atoms with Gasteiger partial charge in [-0.3, -0.25) is 14.9 Å². The SMILES string of the molecule is CCOC(=O)NC1=CS[C@H]2C(NC(=O)Cc3cccs3)C(=O)N2C1C(=O)OC(c1ccccc1)c1ccccc1. The average Bonchev–Trinajstić information content (AvgIpc) is 3.48. The van der Waals surface area contributed by atoms with Crippen molar-refractivity contribution in [2.75, 3.05) is 6.61 Å². The number of rotatable bonds is 9. The van der Waals surface area contributed by atoms with Crippen molar-refractivity contribution in [3.63, 3.8) is 0 Å². The van der Waals surface area contributed by atoms with Crippen molar-refractivity contribution in [1.29, 1.82) is 0 Å². The molecule has 2 aliphatic rings. The van der Waals surface area contributed by atoms with Crippen LogP contribution in [0, 0.1) is 0 Å². The number of ether oxygens (including phenoxy) is 2. The molecule has 11 heteroatoms. The number of fused-ring (bicyclic) bond motifs is 1. The first-order chi connectivity index (χ1) is 19.5. The van der Waals surface area contributed by atoms with Crippen LogP contribution in [0.5, 0.6) is 0 Å². The third-order valence-corrected chi connectivity index (χ3v) is 8.45. The molecule has 1 fully saturated rings. The number of nitrogens with zero attached hydrogens (tertiary/aromatic N) is 1. The minimum atomic E-state index is -1.23. The van der Waals surface area contributed by atoms with Gasteiger partial charge in [0.1, 0.15) is 11.4 Å². The maximum atomic E-state index is 13.8. The van der Waals surface area contributed by atoms with Crippen molar-refractivity contribution in [2.45, 2.75) is 36.9 Å². The summed E-state index contributed by atoms with van der Waals surface area (Å²) in [5.41, 5.74) is 1.67. The number of benzene rings is 2. The van der Waals surface area contributed by atoms with Gasteiger partial charge in [0.2, 0.25) is 11.8 Å². The van der Waals surface area contributed by atoms with Crippen LogP contribution in [0.2, 0.25) is 0 Å². The Balaban J connectivity index is 1.39. The molecule has 0 aliphatic carbocycles. The number of esters is 1. The Bertz CT molecular complexity index is 1360.